The molecule has 0 radical (unpaired) electrons. The number of primary amides is 1. The maximum Gasteiger partial charge on any atom is 0.243 e. The summed E-state index contributed by atoms with van der Waals surface area (Å²) in [6.07, 6.45) is 2.64. The molecule has 4 unspecified atom stereocenters. The summed E-state index contributed by atoms with van der Waals surface area (Å²) < 4.78 is 13.2. The third-order valence-corrected chi connectivity index (χ3v) is 6.20. The van der Waals surface area contributed by atoms with Crippen molar-refractivity contribution in [2.45, 2.75) is 50.4 Å². The van der Waals surface area contributed by atoms with Gasteiger partial charge in [-0.1, -0.05) is 12.1 Å². The van der Waals surface area contributed by atoms with Crippen molar-refractivity contribution in [2.24, 2.45) is 5.73 Å². The lowest BCUT2D eigenvalue weighted by Gasteiger charge is -2.40. The molecule has 0 spiro atoms. The van der Waals surface area contributed by atoms with Crippen LogP contribution < -0.4 is 21.7 Å². The molecule has 1 fully saturated rings. The molecule has 1 aliphatic rings. The molecule has 0 saturated carbocycles. The van der Waals surface area contributed by atoms with Crippen molar-refractivity contribution in [3.63, 3.8) is 0 Å². The number of carbonyl (C=O) groups is 4. The van der Waals surface area contributed by atoms with E-state index in [9.17, 15) is 23.6 Å². The van der Waals surface area contributed by atoms with Gasteiger partial charge < -0.3 is 26.6 Å². The highest BCUT2D eigenvalue weighted by atomic mass is 32.2. The highest BCUT2D eigenvalue weighted by Gasteiger charge is 2.39. The van der Waals surface area contributed by atoms with Gasteiger partial charge in [0.1, 0.15) is 17.9 Å². The summed E-state index contributed by atoms with van der Waals surface area (Å²) in [5, 5.41) is 8.44. The molecule has 2 rings (SSSR count). The van der Waals surface area contributed by atoms with Gasteiger partial charge >= 0.3 is 0 Å². The number of halogens is 1. The Morgan fingerprint density at radius 1 is 1.24 bits per heavy atom. The molecule has 1 heterocycles. The number of nitrogens with zero attached hydrogens (tertiary/aromatic N) is 1. The molecule has 5 N–H and O–H groups in total. The Labute approximate surface area is 197 Å². The van der Waals surface area contributed by atoms with Crippen LogP contribution in [0.15, 0.2) is 24.3 Å². The van der Waals surface area contributed by atoms with Crippen LogP contribution in [-0.2, 0) is 25.6 Å². The molecule has 1 aliphatic heterocycles. The fourth-order valence-electron chi connectivity index (χ4n) is 3.73. The van der Waals surface area contributed by atoms with Gasteiger partial charge in [-0.25, -0.2) is 4.39 Å². The van der Waals surface area contributed by atoms with E-state index in [1.54, 1.807) is 14.0 Å². The van der Waals surface area contributed by atoms with E-state index in [0.717, 1.165) is 0 Å². The van der Waals surface area contributed by atoms with Crippen LogP contribution in [0.5, 0.6) is 0 Å². The quantitative estimate of drug-likeness (QED) is 0.365. The van der Waals surface area contributed by atoms with E-state index in [1.165, 1.54) is 40.9 Å². The number of hydrogen-bond acceptors (Lipinski definition) is 6. The van der Waals surface area contributed by atoms with E-state index in [-0.39, 0.29) is 37.2 Å². The number of carbonyl (C=O) groups excluding carboxylic acids is 4. The van der Waals surface area contributed by atoms with Crippen molar-refractivity contribution in [3.8, 4) is 0 Å². The summed E-state index contributed by atoms with van der Waals surface area (Å²) in [4.78, 5) is 51.7. The van der Waals surface area contributed by atoms with E-state index < -0.39 is 35.8 Å². The summed E-state index contributed by atoms with van der Waals surface area (Å²) in [7, 11) is 1.65. The molecule has 9 nitrogen and oxygen atoms in total. The van der Waals surface area contributed by atoms with Gasteiger partial charge in [-0.2, -0.15) is 11.8 Å². The molecule has 1 aromatic carbocycles. The first-order chi connectivity index (χ1) is 15.7. The van der Waals surface area contributed by atoms with Crippen LogP contribution in [0, 0.1) is 5.82 Å². The fraction of sp³-hybridized carbons (Fsp3) is 0.545. The van der Waals surface area contributed by atoms with Gasteiger partial charge in [0, 0.05) is 19.0 Å². The van der Waals surface area contributed by atoms with E-state index in [1.807, 2.05) is 6.26 Å². The van der Waals surface area contributed by atoms with Crippen LogP contribution in [0.4, 0.5) is 4.39 Å². The fourth-order valence-corrected chi connectivity index (χ4v) is 4.07. The van der Waals surface area contributed by atoms with Gasteiger partial charge in [-0.05, 0) is 50.8 Å². The van der Waals surface area contributed by atoms with Gasteiger partial charge in [0.15, 0.2) is 0 Å². The second kappa shape index (κ2) is 12.5. The first-order valence-electron chi connectivity index (χ1n) is 10.8. The standard InChI is InChI=1S/C22H32FN5O4S/c1-13(25-2)22(32)28-9-8-16(26-19(29)12-33-3)11-18(28)21(31)27-17(20(24)30)10-14-4-6-15(23)7-5-14/h4-7,13,16-18,25H,8-12H2,1-3H3,(H2,24,30)(H,26,29)(H,27,31). The van der Waals surface area contributed by atoms with Gasteiger partial charge in [0.25, 0.3) is 0 Å². The molecule has 33 heavy (non-hydrogen) atoms. The van der Waals surface area contributed by atoms with Crippen molar-refractivity contribution < 1.29 is 23.6 Å². The maximum absolute atomic E-state index is 13.2. The monoisotopic (exact) mass is 481 g/mol. The number of likely N-dealkylation sites (N-methyl/N-ethyl adjacent to an activating group) is 1. The van der Waals surface area contributed by atoms with Crippen molar-refractivity contribution in [1.82, 2.24) is 20.9 Å². The van der Waals surface area contributed by atoms with Gasteiger partial charge in [0.2, 0.25) is 23.6 Å². The van der Waals surface area contributed by atoms with Crippen LogP contribution in [0.1, 0.15) is 25.3 Å². The highest BCUT2D eigenvalue weighted by Crippen LogP contribution is 2.20. The Bertz CT molecular complexity index is 854. The number of nitrogens with two attached hydrogens (primary N) is 1. The molecule has 1 saturated heterocycles. The van der Waals surface area contributed by atoms with Crippen LogP contribution in [0.2, 0.25) is 0 Å². The average Bonchev–Trinajstić information content (AvgIpc) is 2.78. The summed E-state index contributed by atoms with van der Waals surface area (Å²) in [5.41, 5.74) is 6.13. The minimum absolute atomic E-state index is 0.0861. The van der Waals surface area contributed by atoms with Crippen molar-refractivity contribution >= 4 is 35.4 Å². The Kier molecular flexibility index (Phi) is 10.1. The zero-order valence-electron chi connectivity index (χ0n) is 19.1. The molecule has 4 atom stereocenters. The molecule has 11 heteroatoms. The lowest BCUT2D eigenvalue weighted by molar-refractivity contribution is -0.144. The number of hydrogen-bond donors (Lipinski definition) is 4. The molecule has 4 amide bonds. The number of thioether (sulfide) groups is 1. The lowest BCUT2D eigenvalue weighted by Crippen LogP contribution is -2.61. The average molecular weight is 482 g/mol. The number of rotatable bonds is 10. The maximum atomic E-state index is 13.2. The Balaban J connectivity index is 2.18. The predicted molar refractivity (Wildman–Crippen MR) is 125 cm³/mol. The smallest absolute Gasteiger partial charge is 0.243 e. The van der Waals surface area contributed by atoms with E-state index >= 15 is 0 Å². The highest BCUT2D eigenvalue weighted by molar-refractivity contribution is 7.99. The number of benzene rings is 1. The third-order valence-electron chi connectivity index (χ3n) is 5.65. The summed E-state index contributed by atoms with van der Waals surface area (Å²) in [6, 6.07) is 2.85. The van der Waals surface area contributed by atoms with Gasteiger partial charge in [0.05, 0.1) is 11.8 Å². The predicted octanol–water partition coefficient (Wildman–Crippen LogP) is -0.215. The molecule has 0 aromatic heterocycles. The topological polar surface area (TPSA) is 134 Å². The Morgan fingerprint density at radius 2 is 1.91 bits per heavy atom. The van der Waals surface area contributed by atoms with Crippen LogP contribution in [0.25, 0.3) is 0 Å². The number of nitrogens with one attached hydrogen (secondary N) is 3. The van der Waals surface area contributed by atoms with Crippen LogP contribution in [0.3, 0.4) is 0 Å². The molecule has 1 aromatic rings. The van der Waals surface area contributed by atoms with Gasteiger partial charge in [-0.3, -0.25) is 19.2 Å². The van der Waals surface area contributed by atoms with E-state index in [0.29, 0.717) is 17.7 Å². The first kappa shape index (κ1) is 26.6. The van der Waals surface area contributed by atoms with E-state index in [2.05, 4.69) is 16.0 Å². The summed E-state index contributed by atoms with van der Waals surface area (Å²) in [5.74, 6) is -1.77. The number of amides is 4. The van der Waals surface area contributed by atoms with Crippen molar-refractivity contribution in [3.05, 3.63) is 35.6 Å². The Morgan fingerprint density at radius 3 is 2.48 bits per heavy atom. The van der Waals surface area contributed by atoms with Gasteiger partial charge in [-0.15, -0.1) is 0 Å². The normalized spacial score (nSPS) is 19.9. The van der Waals surface area contributed by atoms with Crippen molar-refractivity contribution in [1.29, 1.82) is 0 Å². The summed E-state index contributed by atoms with van der Waals surface area (Å²) >= 11 is 1.39. The minimum Gasteiger partial charge on any atom is -0.368 e. The van der Waals surface area contributed by atoms with Crippen LogP contribution in [-0.4, -0.2) is 78.3 Å². The third kappa shape index (κ3) is 7.71. The molecular formula is C22H32FN5O4S. The lowest BCUT2D eigenvalue weighted by atomic mass is 9.94. The number of piperidine rings is 1. The van der Waals surface area contributed by atoms with E-state index in [4.69, 9.17) is 5.73 Å². The zero-order chi connectivity index (χ0) is 24.5. The molecule has 0 bridgehead atoms. The zero-order valence-corrected chi connectivity index (χ0v) is 19.9. The Hall–Kier alpha value is -2.66. The largest absolute Gasteiger partial charge is 0.368 e. The second-order valence-electron chi connectivity index (χ2n) is 8.07. The minimum atomic E-state index is -1.03. The molecule has 182 valence electrons. The SMILES string of the molecule is CNC(C)C(=O)N1CCC(NC(=O)CSC)CC1C(=O)NC(Cc1ccc(F)cc1)C(N)=O. The molecule has 0 aliphatic carbocycles. The second-order valence-corrected chi connectivity index (χ2v) is 8.94. The van der Waals surface area contributed by atoms with Crippen molar-refractivity contribution in [2.75, 3.05) is 25.6 Å². The first-order valence-corrected chi connectivity index (χ1v) is 12.2. The number of likely N-dealkylation sites (tertiary alicyclic amines) is 1. The molecular weight excluding hydrogens is 449 g/mol. The van der Waals surface area contributed by atoms with Crippen LogP contribution >= 0.6 is 11.8 Å². The summed E-state index contributed by atoms with van der Waals surface area (Å²) in [6.45, 7) is 1.98.